The van der Waals surface area contributed by atoms with Crippen LogP contribution >= 0.6 is 0 Å². The van der Waals surface area contributed by atoms with Gasteiger partial charge in [0.2, 0.25) is 0 Å². The van der Waals surface area contributed by atoms with Crippen LogP contribution in [0, 0.1) is 13.8 Å². The number of benzene rings is 1. The third kappa shape index (κ3) is 3.34. The van der Waals surface area contributed by atoms with E-state index in [4.69, 9.17) is 9.84 Å². The summed E-state index contributed by atoms with van der Waals surface area (Å²) in [7, 11) is 0. The van der Waals surface area contributed by atoms with Crippen LogP contribution in [-0.4, -0.2) is 27.5 Å². The van der Waals surface area contributed by atoms with Crippen molar-refractivity contribution in [2.24, 2.45) is 0 Å². The van der Waals surface area contributed by atoms with E-state index in [0.717, 1.165) is 5.75 Å². The number of aryl methyl sites for hydroxylation is 2. The molecule has 1 aromatic carbocycles. The Bertz CT molecular complexity index is 573. The van der Waals surface area contributed by atoms with Gasteiger partial charge in [0.1, 0.15) is 18.1 Å². The van der Waals surface area contributed by atoms with Gasteiger partial charge in [-0.3, -0.25) is 4.68 Å². The molecule has 1 heterocycles. The van der Waals surface area contributed by atoms with E-state index in [1.807, 2.05) is 31.2 Å². The summed E-state index contributed by atoms with van der Waals surface area (Å²) in [4.78, 5) is 11.0. The standard InChI is InChI=1S/C14H16N2O3/c1-10-3-5-12(6-4-10)19-8-7-16-13(14(17)18)9-11(2)15-16/h3-6,9H,7-8H2,1-2H3,(H,17,18). The van der Waals surface area contributed by atoms with Gasteiger partial charge in [-0.05, 0) is 32.0 Å². The van der Waals surface area contributed by atoms with Gasteiger partial charge in [0.05, 0.1) is 12.2 Å². The summed E-state index contributed by atoms with van der Waals surface area (Å²) < 4.78 is 7.01. The van der Waals surface area contributed by atoms with Gasteiger partial charge in [-0.2, -0.15) is 5.10 Å². The van der Waals surface area contributed by atoms with Crippen molar-refractivity contribution in [1.82, 2.24) is 9.78 Å². The number of carboxylic acids is 1. The molecule has 0 unspecified atom stereocenters. The predicted molar refractivity (Wildman–Crippen MR) is 70.6 cm³/mol. The number of aromatic nitrogens is 2. The van der Waals surface area contributed by atoms with Crippen molar-refractivity contribution in [2.75, 3.05) is 6.61 Å². The Hall–Kier alpha value is -2.30. The molecule has 0 aliphatic carbocycles. The van der Waals surface area contributed by atoms with Crippen LogP contribution in [0.25, 0.3) is 0 Å². The lowest BCUT2D eigenvalue weighted by atomic mass is 10.2. The Kier molecular flexibility index (Phi) is 3.85. The number of hydrogen-bond donors (Lipinski definition) is 1. The Morgan fingerprint density at radius 3 is 2.63 bits per heavy atom. The van der Waals surface area contributed by atoms with Gasteiger partial charge in [-0.1, -0.05) is 17.7 Å². The average molecular weight is 260 g/mol. The number of ether oxygens (including phenoxy) is 1. The van der Waals surface area contributed by atoms with Gasteiger partial charge in [-0.15, -0.1) is 0 Å². The van der Waals surface area contributed by atoms with Gasteiger partial charge in [0.15, 0.2) is 0 Å². The monoisotopic (exact) mass is 260 g/mol. The van der Waals surface area contributed by atoms with Gasteiger partial charge in [0.25, 0.3) is 0 Å². The molecule has 0 aliphatic heterocycles. The fourth-order valence-corrected chi connectivity index (χ4v) is 1.77. The molecule has 0 radical (unpaired) electrons. The fraction of sp³-hybridized carbons (Fsp3) is 0.286. The molecule has 0 fully saturated rings. The molecule has 0 atom stereocenters. The second kappa shape index (κ2) is 5.56. The highest BCUT2D eigenvalue weighted by molar-refractivity contribution is 5.85. The molecule has 5 heteroatoms. The number of carbonyl (C=O) groups is 1. The maximum absolute atomic E-state index is 11.0. The molecule has 1 aromatic heterocycles. The van der Waals surface area contributed by atoms with E-state index in [-0.39, 0.29) is 5.69 Å². The van der Waals surface area contributed by atoms with Crippen LogP contribution in [0.1, 0.15) is 21.7 Å². The van der Waals surface area contributed by atoms with Crippen LogP contribution in [0.5, 0.6) is 5.75 Å². The summed E-state index contributed by atoms with van der Waals surface area (Å²) >= 11 is 0. The van der Waals surface area contributed by atoms with Crippen molar-refractivity contribution in [1.29, 1.82) is 0 Å². The molecule has 0 saturated heterocycles. The Balaban J connectivity index is 1.96. The maximum Gasteiger partial charge on any atom is 0.354 e. The van der Waals surface area contributed by atoms with E-state index in [9.17, 15) is 4.79 Å². The Morgan fingerprint density at radius 1 is 1.32 bits per heavy atom. The van der Waals surface area contributed by atoms with Crippen molar-refractivity contribution in [3.05, 3.63) is 47.3 Å². The molecule has 0 aliphatic rings. The maximum atomic E-state index is 11.0. The van der Waals surface area contributed by atoms with E-state index >= 15 is 0 Å². The van der Waals surface area contributed by atoms with Crippen molar-refractivity contribution >= 4 is 5.97 Å². The summed E-state index contributed by atoms with van der Waals surface area (Å²) in [6.45, 7) is 4.56. The van der Waals surface area contributed by atoms with E-state index < -0.39 is 5.97 Å². The average Bonchev–Trinajstić information content (AvgIpc) is 2.73. The van der Waals surface area contributed by atoms with Crippen LogP contribution in [-0.2, 0) is 6.54 Å². The first kappa shape index (κ1) is 13.1. The summed E-state index contributed by atoms with van der Waals surface area (Å²) in [6, 6.07) is 9.27. The van der Waals surface area contributed by atoms with Crippen LogP contribution in [0.3, 0.4) is 0 Å². The highest BCUT2D eigenvalue weighted by Gasteiger charge is 2.12. The van der Waals surface area contributed by atoms with Crippen LogP contribution < -0.4 is 4.74 Å². The van der Waals surface area contributed by atoms with Crippen LogP contribution in [0.4, 0.5) is 0 Å². The molecule has 0 spiro atoms. The number of rotatable bonds is 5. The highest BCUT2D eigenvalue weighted by atomic mass is 16.5. The molecule has 5 nitrogen and oxygen atoms in total. The minimum absolute atomic E-state index is 0.185. The largest absolute Gasteiger partial charge is 0.492 e. The topological polar surface area (TPSA) is 64.4 Å². The summed E-state index contributed by atoms with van der Waals surface area (Å²) in [5, 5.41) is 13.2. The zero-order valence-electron chi connectivity index (χ0n) is 11.0. The van der Waals surface area contributed by atoms with E-state index in [0.29, 0.717) is 18.8 Å². The van der Waals surface area contributed by atoms with Gasteiger partial charge >= 0.3 is 5.97 Å². The zero-order chi connectivity index (χ0) is 13.8. The second-order valence-corrected chi connectivity index (χ2v) is 4.36. The lowest BCUT2D eigenvalue weighted by molar-refractivity contribution is 0.0682. The number of nitrogens with zero attached hydrogens (tertiary/aromatic N) is 2. The lowest BCUT2D eigenvalue weighted by Gasteiger charge is -2.07. The molecule has 1 N–H and O–H groups in total. The molecular formula is C14H16N2O3. The molecule has 0 bridgehead atoms. The van der Waals surface area contributed by atoms with Gasteiger partial charge < -0.3 is 9.84 Å². The lowest BCUT2D eigenvalue weighted by Crippen LogP contribution is -2.15. The highest BCUT2D eigenvalue weighted by Crippen LogP contribution is 2.11. The smallest absolute Gasteiger partial charge is 0.354 e. The quantitative estimate of drug-likeness (QED) is 0.895. The summed E-state index contributed by atoms with van der Waals surface area (Å²) in [5.41, 5.74) is 2.04. The Labute approximate surface area is 111 Å². The van der Waals surface area contributed by atoms with Crippen molar-refractivity contribution < 1.29 is 14.6 Å². The van der Waals surface area contributed by atoms with E-state index in [1.165, 1.54) is 10.2 Å². The predicted octanol–water partition coefficient (Wildman–Crippen LogP) is 2.28. The SMILES string of the molecule is Cc1ccc(OCCn2nc(C)cc2C(=O)O)cc1. The fourth-order valence-electron chi connectivity index (χ4n) is 1.77. The molecule has 100 valence electrons. The molecule has 2 rings (SSSR count). The minimum atomic E-state index is -0.976. The third-order valence-corrected chi connectivity index (χ3v) is 2.71. The van der Waals surface area contributed by atoms with Gasteiger partial charge in [-0.25, -0.2) is 4.79 Å². The van der Waals surface area contributed by atoms with Crippen LogP contribution in [0.2, 0.25) is 0 Å². The second-order valence-electron chi connectivity index (χ2n) is 4.36. The van der Waals surface area contributed by atoms with E-state index in [1.54, 1.807) is 13.0 Å². The zero-order valence-corrected chi connectivity index (χ0v) is 11.0. The van der Waals surface area contributed by atoms with Crippen molar-refractivity contribution in [3.63, 3.8) is 0 Å². The normalized spacial score (nSPS) is 10.4. The molecule has 2 aromatic rings. The first-order chi connectivity index (χ1) is 9.06. The van der Waals surface area contributed by atoms with E-state index in [2.05, 4.69) is 5.10 Å². The molecule has 0 amide bonds. The number of hydrogen-bond acceptors (Lipinski definition) is 3. The van der Waals surface area contributed by atoms with Crippen molar-refractivity contribution in [2.45, 2.75) is 20.4 Å². The Morgan fingerprint density at radius 2 is 2.00 bits per heavy atom. The molecular weight excluding hydrogens is 244 g/mol. The number of aromatic carboxylic acids is 1. The van der Waals surface area contributed by atoms with Crippen molar-refractivity contribution in [3.8, 4) is 5.75 Å². The third-order valence-electron chi connectivity index (χ3n) is 2.71. The number of carboxylic acid groups (broad SMARTS) is 1. The van der Waals surface area contributed by atoms with Crippen LogP contribution in [0.15, 0.2) is 30.3 Å². The first-order valence-corrected chi connectivity index (χ1v) is 6.03. The first-order valence-electron chi connectivity index (χ1n) is 6.03. The summed E-state index contributed by atoms with van der Waals surface area (Å²) in [5.74, 6) is -0.206. The van der Waals surface area contributed by atoms with Gasteiger partial charge in [0, 0.05) is 0 Å². The summed E-state index contributed by atoms with van der Waals surface area (Å²) in [6.07, 6.45) is 0. The molecule has 19 heavy (non-hydrogen) atoms. The minimum Gasteiger partial charge on any atom is -0.492 e. The molecule has 0 saturated carbocycles.